The highest BCUT2D eigenvalue weighted by atomic mass is 16.4. The van der Waals surface area contributed by atoms with Gasteiger partial charge in [0, 0.05) is 18.1 Å². The Morgan fingerprint density at radius 2 is 1.79 bits per heavy atom. The van der Waals surface area contributed by atoms with E-state index in [4.69, 9.17) is 5.11 Å². The second-order valence-electron chi connectivity index (χ2n) is 6.09. The van der Waals surface area contributed by atoms with Crippen LogP contribution in [-0.4, -0.2) is 28.1 Å². The van der Waals surface area contributed by atoms with Gasteiger partial charge in [-0.2, -0.15) is 0 Å². The highest BCUT2D eigenvalue weighted by molar-refractivity contribution is 5.66. The Morgan fingerprint density at radius 3 is 2.21 bits per heavy atom. The number of aryl methyl sites for hydroxylation is 1. The number of carboxylic acid groups (broad SMARTS) is 1. The third-order valence-corrected chi connectivity index (χ3v) is 3.46. The summed E-state index contributed by atoms with van der Waals surface area (Å²) in [4.78, 5) is 13.0. The molecule has 0 fully saturated rings. The topological polar surface area (TPSA) is 40.5 Å². The number of hydrogen-bond acceptors (Lipinski definition) is 2. The summed E-state index contributed by atoms with van der Waals surface area (Å²) >= 11 is 0. The van der Waals surface area contributed by atoms with Gasteiger partial charge in [-0.15, -0.1) is 0 Å². The van der Waals surface area contributed by atoms with Gasteiger partial charge < -0.3 is 5.11 Å². The Balaban J connectivity index is 2.90. The van der Waals surface area contributed by atoms with Crippen LogP contribution in [0.5, 0.6) is 0 Å². The molecule has 0 radical (unpaired) electrons. The normalized spacial score (nSPS) is 13.6. The molecule has 3 nitrogen and oxygen atoms in total. The van der Waals surface area contributed by atoms with Crippen molar-refractivity contribution in [3.63, 3.8) is 0 Å². The fraction of sp³-hybridized carbons (Fsp3) is 0.562. The van der Waals surface area contributed by atoms with E-state index in [-0.39, 0.29) is 18.0 Å². The van der Waals surface area contributed by atoms with Crippen LogP contribution in [0.4, 0.5) is 0 Å². The lowest BCUT2D eigenvalue weighted by molar-refractivity contribution is -0.137. The van der Waals surface area contributed by atoms with Gasteiger partial charge in [0.05, 0.1) is 6.42 Å². The van der Waals surface area contributed by atoms with Crippen molar-refractivity contribution in [3.05, 3.63) is 35.4 Å². The summed E-state index contributed by atoms with van der Waals surface area (Å²) in [6.07, 6.45) is 0.174. The first kappa shape index (κ1) is 15.7. The monoisotopic (exact) mass is 263 g/mol. The summed E-state index contributed by atoms with van der Waals surface area (Å²) in [6, 6.07) is 8.66. The van der Waals surface area contributed by atoms with Gasteiger partial charge in [-0.1, -0.05) is 29.8 Å². The molecule has 3 heteroatoms. The number of aliphatic carboxylic acids is 1. The number of hydrogen-bond donors (Lipinski definition) is 1. The third kappa shape index (κ3) is 4.67. The minimum Gasteiger partial charge on any atom is -0.481 e. The lowest BCUT2D eigenvalue weighted by Gasteiger charge is -2.40. The zero-order chi connectivity index (χ0) is 14.6. The molecule has 0 heterocycles. The Kier molecular flexibility index (Phi) is 5.12. The molecule has 0 saturated heterocycles. The Bertz CT molecular complexity index is 417. The number of rotatable bonds is 5. The van der Waals surface area contributed by atoms with Crippen molar-refractivity contribution in [2.75, 3.05) is 6.54 Å². The maximum absolute atomic E-state index is 10.8. The van der Waals surface area contributed by atoms with E-state index in [9.17, 15) is 4.79 Å². The van der Waals surface area contributed by atoms with E-state index in [0.717, 1.165) is 0 Å². The van der Waals surface area contributed by atoms with E-state index in [0.29, 0.717) is 6.54 Å². The first-order valence-electron chi connectivity index (χ1n) is 6.77. The molecule has 0 saturated carbocycles. The maximum Gasteiger partial charge on any atom is 0.304 e. The van der Waals surface area contributed by atoms with Crippen LogP contribution < -0.4 is 0 Å². The van der Waals surface area contributed by atoms with Crippen LogP contribution in [0.2, 0.25) is 0 Å². The van der Waals surface area contributed by atoms with Gasteiger partial charge in [-0.05, 0) is 40.2 Å². The molecule has 1 atom stereocenters. The van der Waals surface area contributed by atoms with Crippen LogP contribution in [-0.2, 0) is 4.79 Å². The number of carboxylic acids is 1. The fourth-order valence-electron chi connectivity index (χ4n) is 2.35. The molecule has 0 amide bonds. The second kappa shape index (κ2) is 6.20. The van der Waals surface area contributed by atoms with Crippen molar-refractivity contribution in [2.24, 2.45) is 0 Å². The lowest BCUT2D eigenvalue weighted by Crippen LogP contribution is -2.44. The van der Waals surface area contributed by atoms with Crippen molar-refractivity contribution < 1.29 is 9.90 Å². The standard InChI is InChI=1S/C16H25NO2/c1-12-6-8-14(9-7-12)13(2)17(16(3,4)5)11-10-15(18)19/h6-9,13H,10-11H2,1-5H3,(H,18,19). The SMILES string of the molecule is Cc1ccc(C(C)N(CCC(=O)O)C(C)(C)C)cc1. The summed E-state index contributed by atoms with van der Waals surface area (Å²) < 4.78 is 0. The van der Waals surface area contributed by atoms with Crippen molar-refractivity contribution >= 4 is 5.97 Å². The molecular formula is C16H25NO2. The van der Waals surface area contributed by atoms with E-state index in [1.807, 2.05) is 0 Å². The van der Waals surface area contributed by atoms with E-state index in [2.05, 4.69) is 63.8 Å². The third-order valence-electron chi connectivity index (χ3n) is 3.46. The Hall–Kier alpha value is -1.35. The first-order valence-corrected chi connectivity index (χ1v) is 6.77. The number of benzene rings is 1. The van der Waals surface area contributed by atoms with E-state index in [1.54, 1.807) is 0 Å². The smallest absolute Gasteiger partial charge is 0.304 e. The zero-order valence-corrected chi connectivity index (χ0v) is 12.6. The van der Waals surface area contributed by atoms with E-state index < -0.39 is 5.97 Å². The molecule has 0 spiro atoms. The number of nitrogens with zero attached hydrogens (tertiary/aromatic N) is 1. The molecular weight excluding hydrogens is 238 g/mol. The summed E-state index contributed by atoms with van der Waals surface area (Å²) in [5.74, 6) is -0.745. The minimum atomic E-state index is -0.745. The molecule has 0 bridgehead atoms. The summed E-state index contributed by atoms with van der Waals surface area (Å²) in [5, 5.41) is 8.89. The molecule has 0 aliphatic heterocycles. The van der Waals surface area contributed by atoms with Gasteiger partial charge in [-0.25, -0.2) is 0 Å². The molecule has 1 aromatic rings. The Labute approximate surface area is 116 Å². The average molecular weight is 263 g/mol. The van der Waals surface area contributed by atoms with Crippen LogP contribution in [0, 0.1) is 6.92 Å². The van der Waals surface area contributed by atoms with Gasteiger partial charge in [-0.3, -0.25) is 9.69 Å². The van der Waals surface area contributed by atoms with Crippen molar-refractivity contribution in [2.45, 2.75) is 52.6 Å². The molecule has 19 heavy (non-hydrogen) atoms. The van der Waals surface area contributed by atoms with Gasteiger partial charge in [0.1, 0.15) is 0 Å². The molecule has 1 rings (SSSR count). The van der Waals surface area contributed by atoms with Gasteiger partial charge in [0.2, 0.25) is 0 Å². The Morgan fingerprint density at radius 1 is 1.26 bits per heavy atom. The van der Waals surface area contributed by atoms with Crippen LogP contribution in [0.1, 0.15) is 51.3 Å². The molecule has 1 N–H and O–H groups in total. The quantitative estimate of drug-likeness (QED) is 0.882. The van der Waals surface area contributed by atoms with Gasteiger partial charge >= 0.3 is 5.97 Å². The van der Waals surface area contributed by atoms with Crippen LogP contribution in [0.15, 0.2) is 24.3 Å². The lowest BCUT2D eigenvalue weighted by atomic mass is 9.98. The molecule has 0 aromatic heterocycles. The summed E-state index contributed by atoms with van der Waals surface area (Å²) in [7, 11) is 0. The molecule has 0 aliphatic rings. The molecule has 1 unspecified atom stereocenters. The second-order valence-corrected chi connectivity index (χ2v) is 6.09. The van der Waals surface area contributed by atoms with Crippen molar-refractivity contribution in [3.8, 4) is 0 Å². The summed E-state index contributed by atoms with van der Waals surface area (Å²) in [6.45, 7) is 11.1. The first-order chi connectivity index (χ1) is 8.71. The van der Waals surface area contributed by atoms with Crippen LogP contribution >= 0.6 is 0 Å². The van der Waals surface area contributed by atoms with Crippen LogP contribution in [0.3, 0.4) is 0 Å². The largest absolute Gasteiger partial charge is 0.481 e. The predicted octanol–water partition coefficient (Wildman–Crippen LogP) is 3.63. The highest BCUT2D eigenvalue weighted by Gasteiger charge is 2.27. The summed E-state index contributed by atoms with van der Waals surface area (Å²) in [5.41, 5.74) is 2.41. The average Bonchev–Trinajstić information content (AvgIpc) is 2.27. The molecule has 1 aromatic carbocycles. The van der Waals surface area contributed by atoms with E-state index >= 15 is 0 Å². The van der Waals surface area contributed by atoms with Gasteiger partial charge in [0.25, 0.3) is 0 Å². The van der Waals surface area contributed by atoms with Crippen LogP contribution in [0.25, 0.3) is 0 Å². The molecule has 0 aliphatic carbocycles. The number of carbonyl (C=O) groups is 1. The predicted molar refractivity (Wildman–Crippen MR) is 78.3 cm³/mol. The maximum atomic E-state index is 10.8. The van der Waals surface area contributed by atoms with Gasteiger partial charge in [0.15, 0.2) is 0 Å². The zero-order valence-electron chi connectivity index (χ0n) is 12.6. The molecule has 106 valence electrons. The van der Waals surface area contributed by atoms with Crippen molar-refractivity contribution in [1.82, 2.24) is 4.90 Å². The van der Waals surface area contributed by atoms with Crippen molar-refractivity contribution in [1.29, 1.82) is 0 Å². The minimum absolute atomic E-state index is 0.0558. The highest BCUT2D eigenvalue weighted by Crippen LogP contribution is 2.28. The fourth-order valence-corrected chi connectivity index (χ4v) is 2.35. The van der Waals surface area contributed by atoms with E-state index in [1.165, 1.54) is 11.1 Å².